The van der Waals surface area contributed by atoms with Gasteiger partial charge in [-0.05, 0) is 24.1 Å². The van der Waals surface area contributed by atoms with Crippen LogP contribution in [0.5, 0.6) is 0 Å². The second-order valence-electron chi connectivity index (χ2n) is 11.7. The van der Waals surface area contributed by atoms with Crippen LogP contribution in [0.2, 0.25) is 0 Å². The van der Waals surface area contributed by atoms with E-state index < -0.39 is 118 Å². The van der Waals surface area contributed by atoms with Crippen molar-refractivity contribution in [3.63, 3.8) is 0 Å². The summed E-state index contributed by atoms with van der Waals surface area (Å²) in [5.41, 5.74) is -3.29. The normalized spacial score (nSPS) is 18.9. The van der Waals surface area contributed by atoms with Gasteiger partial charge in [-0.2, -0.15) is 0 Å². The zero-order valence-electron chi connectivity index (χ0n) is 24.7. The summed E-state index contributed by atoms with van der Waals surface area (Å²) in [7, 11) is 0. The van der Waals surface area contributed by atoms with Crippen LogP contribution in [0.25, 0.3) is 0 Å². The van der Waals surface area contributed by atoms with Crippen molar-refractivity contribution in [2.45, 2.75) is 38.0 Å². The number of carbonyl (C=O) groups is 3. The molecule has 3 amide bonds. The lowest BCUT2D eigenvalue weighted by atomic mass is 9.93. The molecule has 3 aromatic carbocycles. The summed E-state index contributed by atoms with van der Waals surface area (Å²) in [6.07, 6.45) is 0.0681. The lowest BCUT2D eigenvalue weighted by Gasteiger charge is -2.40. The van der Waals surface area contributed by atoms with Crippen molar-refractivity contribution in [1.82, 2.24) is 20.0 Å². The number of rotatable bonds is 6. The first-order chi connectivity index (χ1) is 23.1. The Labute approximate surface area is 268 Å². The van der Waals surface area contributed by atoms with E-state index in [1.54, 1.807) is 0 Å². The van der Waals surface area contributed by atoms with E-state index in [0.717, 1.165) is 11.0 Å². The standard InChI is InChI=1S/C31H21F11N4O3/c32-14-8-13-11(10-46(31(13)49)15-1-2-16(47)43-30(15)48)7-12(14)9-44-3-5-45(6-4-44)29(17-19(33)23(37)27(41)24(38)20(17)34)18-21(35)25(39)28(42)26(40)22(18)36/h7-8,15,29H,1-6,9-10H2,(H,43,47,48). The number of benzene rings is 3. The number of hydrogen-bond acceptors (Lipinski definition) is 5. The first kappa shape index (κ1) is 34.3. The van der Waals surface area contributed by atoms with Crippen LogP contribution in [0.3, 0.4) is 0 Å². The minimum Gasteiger partial charge on any atom is -0.322 e. The fraction of sp³-hybridized carbons (Fsp3) is 0.323. The molecule has 0 saturated carbocycles. The average molecular weight is 707 g/mol. The molecule has 7 nitrogen and oxygen atoms in total. The molecule has 49 heavy (non-hydrogen) atoms. The Morgan fingerprint density at radius 3 is 1.65 bits per heavy atom. The smallest absolute Gasteiger partial charge is 0.255 e. The maximum atomic E-state index is 15.2. The van der Waals surface area contributed by atoms with E-state index in [4.69, 9.17) is 0 Å². The van der Waals surface area contributed by atoms with E-state index in [1.807, 2.05) is 0 Å². The van der Waals surface area contributed by atoms with Crippen molar-refractivity contribution in [2.75, 3.05) is 26.2 Å². The van der Waals surface area contributed by atoms with E-state index in [0.29, 0.717) is 5.56 Å². The number of piperidine rings is 1. The Hall–Kier alpha value is -4.58. The van der Waals surface area contributed by atoms with E-state index >= 15 is 4.39 Å². The molecule has 0 spiro atoms. The SMILES string of the molecule is O=C1CCC(N2Cc3cc(CN4CCN(C(c5c(F)c(F)c(F)c(F)c5F)c5c(F)c(F)c(F)c(F)c5F)CC4)c(F)cc3C2=O)C(=O)N1. The van der Waals surface area contributed by atoms with Gasteiger partial charge in [-0.15, -0.1) is 0 Å². The molecule has 0 aromatic heterocycles. The number of fused-ring (bicyclic) bond motifs is 1. The van der Waals surface area contributed by atoms with Crippen LogP contribution < -0.4 is 5.32 Å². The van der Waals surface area contributed by atoms with Crippen LogP contribution in [-0.2, 0) is 22.7 Å². The Kier molecular flexibility index (Phi) is 8.89. The largest absolute Gasteiger partial charge is 0.322 e. The number of piperazine rings is 1. The van der Waals surface area contributed by atoms with Gasteiger partial charge in [-0.1, -0.05) is 0 Å². The maximum absolute atomic E-state index is 15.2. The molecule has 2 fully saturated rings. The van der Waals surface area contributed by atoms with E-state index in [9.17, 15) is 58.3 Å². The summed E-state index contributed by atoms with van der Waals surface area (Å²) >= 11 is 0. The molecule has 1 N–H and O–H groups in total. The summed E-state index contributed by atoms with van der Waals surface area (Å²) in [5, 5.41) is 2.14. The minimum atomic E-state index is -2.68. The fourth-order valence-corrected chi connectivity index (χ4v) is 6.42. The van der Waals surface area contributed by atoms with E-state index in [2.05, 4.69) is 5.32 Å². The van der Waals surface area contributed by atoms with Gasteiger partial charge >= 0.3 is 0 Å². The molecule has 3 aliphatic rings. The van der Waals surface area contributed by atoms with Gasteiger partial charge in [-0.25, -0.2) is 48.3 Å². The van der Waals surface area contributed by atoms with Crippen LogP contribution in [-0.4, -0.2) is 64.6 Å². The van der Waals surface area contributed by atoms with Gasteiger partial charge in [-0.3, -0.25) is 29.5 Å². The minimum absolute atomic E-state index is 0.00236. The van der Waals surface area contributed by atoms with Gasteiger partial charge in [0.15, 0.2) is 46.5 Å². The number of hydrogen-bond donors (Lipinski definition) is 1. The number of imide groups is 1. The summed E-state index contributed by atoms with van der Waals surface area (Å²) in [4.78, 5) is 40.3. The Morgan fingerprint density at radius 1 is 0.673 bits per heavy atom. The molecular weight excluding hydrogens is 685 g/mol. The van der Waals surface area contributed by atoms with Gasteiger partial charge in [0, 0.05) is 56.8 Å². The second kappa shape index (κ2) is 12.7. The number of amides is 3. The van der Waals surface area contributed by atoms with Crippen molar-refractivity contribution in [3.05, 3.63) is 104 Å². The molecule has 2 saturated heterocycles. The van der Waals surface area contributed by atoms with E-state index in [1.165, 1.54) is 15.9 Å². The first-order valence-electron chi connectivity index (χ1n) is 14.6. The number of halogens is 11. The van der Waals surface area contributed by atoms with Crippen LogP contribution in [0.15, 0.2) is 12.1 Å². The van der Waals surface area contributed by atoms with Gasteiger partial charge in [0.05, 0.1) is 17.2 Å². The van der Waals surface area contributed by atoms with E-state index in [-0.39, 0.29) is 50.1 Å². The summed E-state index contributed by atoms with van der Waals surface area (Å²) in [6.45, 7) is -1.71. The molecule has 1 atom stereocenters. The van der Waals surface area contributed by atoms with Gasteiger partial charge < -0.3 is 4.90 Å². The Balaban J connectivity index is 1.27. The summed E-state index contributed by atoms with van der Waals surface area (Å²) < 4.78 is 160. The van der Waals surface area contributed by atoms with Crippen molar-refractivity contribution in [2.24, 2.45) is 0 Å². The predicted molar refractivity (Wildman–Crippen MR) is 144 cm³/mol. The molecule has 0 aliphatic carbocycles. The van der Waals surface area contributed by atoms with Crippen LogP contribution >= 0.6 is 0 Å². The number of nitrogens with zero attached hydrogens (tertiary/aromatic N) is 3. The summed E-state index contributed by atoms with van der Waals surface area (Å²) in [6, 6.07) is -1.30. The molecular formula is C31H21F11N4O3. The lowest BCUT2D eigenvalue weighted by Crippen LogP contribution is -2.52. The lowest BCUT2D eigenvalue weighted by molar-refractivity contribution is -0.136. The monoisotopic (exact) mass is 706 g/mol. The molecule has 3 aliphatic heterocycles. The molecule has 0 bridgehead atoms. The average Bonchev–Trinajstić information content (AvgIpc) is 3.38. The zero-order chi connectivity index (χ0) is 35.6. The molecule has 18 heteroatoms. The molecule has 260 valence electrons. The van der Waals surface area contributed by atoms with Crippen molar-refractivity contribution in [1.29, 1.82) is 0 Å². The third kappa shape index (κ3) is 5.69. The third-order valence-corrected chi connectivity index (χ3v) is 8.89. The number of nitrogens with one attached hydrogen (secondary N) is 1. The van der Waals surface area contributed by atoms with Crippen molar-refractivity contribution in [3.8, 4) is 0 Å². The molecule has 3 heterocycles. The summed E-state index contributed by atoms with van der Waals surface area (Å²) in [5.74, 6) is -28.1. The topological polar surface area (TPSA) is 73.0 Å². The highest BCUT2D eigenvalue weighted by atomic mass is 19.2. The Bertz CT molecular complexity index is 1810. The second-order valence-corrected chi connectivity index (χ2v) is 11.7. The zero-order valence-corrected chi connectivity index (χ0v) is 24.7. The van der Waals surface area contributed by atoms with Gasteiger partial charge in [0.1, 0.15) is 11.9 Å². The van der Waals surface area contributed by atoms with Crippen LogP contribution in [0, 0.1) is 64.0 Å². The Morgan fingerprint density at radius 2 is 1.16 bits per heavy atom. The molecule has 3 aromatic rings. The fourth-order valence-electron chi connectivity index (χ4n) is 6.42. The number of carbonyl (C=O) groups excluding carboxylic acids is 3. The quantitative estimate of drug-likeness (QED) is 0.171. The third-order valence-electron chi connectivity index (χ3n) is 8.89. The van der Waals surface area contributed by atoms with Crippen molar-refractivity contribution >= 4 is 17.7 Å². The highest BCUT2D eigenvalue weighted by molar-refractivity contribution is 6.05. The van der Waals surface area contributed by atoms with Crippen molar-refractivity contribution < 1.29 is 62.7 Å². The maximum Gasteiger partial charge on any atom is 0.255 e. The van der Waals surface area contributed by atoms with Gasteiger partial charge in [0.2, 0.25) is 23.4 Å². The van der Waals surface area contributed by atoms with Crippen LogP contribution in [0.4, 0.5) is 48.3 Å². The molecule has 0 radical (unpaired) electrons. The predicted octanol–water partition coefficient (Wildman–Crippen LogP) is 4.88. The molecule has 6 rings (SSSR count). The highest BCUT2D eigenvalue weighted by Crippen LogP contribution is 2.40. The molecule has 1 unspecified atom stereocenters. The van der Waals surface area contributed by atoms with Crippen LogP contribution in [0.1, 0.15) is 51.5 Å². The first-order valence-corrected chi connectivity index (χ1v) is 14.6. The highest BCUT2D eigenvalue weighted by Gasteiger charge is 2.42. The van der Waals surface area contributed by atoms with Gasteiger partial charge in [0.25, 0.3) is 5.91 Å².